The second kappa shape index (κ2) is 5.79. The van der Waals surface area contributed by atoms with Gasteiger partial charge < -0.3 is 11.1 Å². The number of nitrogens with two attached hydrogens (primary N) is 1. The number of sulfonamides is 1. The van der Waals surface area contributed by atoms with Crippen LogP contribution in [0.25, 0.3) is 0 Å². The summed E-state index contributed by atoms with van der Waals surface area (Å²) in [6.45, 7) is 2.68. The molecule has 0 spiro atoms. The van der Waals surface area contributed by atoms with Crippen LogP contribution in [0, 0.1) is 0 Å². The predicted octanol–water partition coefficient (Wildman–Crippen LogP) is -0.736. The Balaban J connectivity index is 2.44. The van der Waals surface area contributed by atoms with E-state index in [2.05, 4.69) is 5.32 Å². The minimum absolute atomic E-state index is 0.109. The van der Waals surface area contributed by atoms with Crippen LogP contribution in [-0.4, -0.2) is 50.1 Å². The molecule has 7 heteroatoms. The topological polar surface area (TPSA) is 92.5 Å². The maximum absolute atomic E-state index is 11.5. The van der Waals surface area contributed by atoms with Crippen LogP contribution in [0.5, 0.6) is 0 Å². The lowest BCUT2D eigenvalue weighted by atomic mass is 10.2. The number of nitrogens with zero attached hydrogens (tertiary/aromatic N) is 1. The van der Waals surface area contributed by atoms with Crippen molar-refractivity contribution in [2.75, 3.05) is 19.3 Å². The van der Waals surface area contributed by atoms with Gasteiger partial charge in [0.1, 0.15) is 0 Å². The molecule has 0 aromatic carbocycles. The Labute approximate surface area is 103 Å². The Hall–Kier alpha value is -0.660. The van der Waals surface area contributed by atoms with Crippen molar-refractivity contribution in [2.24, 2.45) is 5.73 Å². The highest BCUT2D eigenvalue weighted by atomic mass is 32.2. The Kier molecular flexibility index (Phi) is 4.91. The summed E-state index contributed by atoms with van der Waals surface area (Å²) in [5, 5.41) is 2.73. The van der Waals surface area contributed by atoms with E-state index < -0.39 is 10.0 Å². The van der Waals surface area contributed by atoms with Crippen molar-refractivity contribution in [3.8, 4) is 0 Å². The van der Waals surface area contributed by atoms with Crippen molar-refractivity contribution in [3.63, 3.8) is 0 Å². The quantitative estimate of drug-likeness (QED) is 0.683. The first-order chi connectivity index (χ1) is 7.80. The zero-order chi connectivity index (χ0) is 13.1. The third kappa shape index (κ3) is 4.61. The van der Waals surface area contributed by atoms with Gasteiger partial charge in [0.15, 0.2) is 0 Å². The van der Waals surface area contributed by atoms with Gasteiger partial charge >= 0.3 is 0 Å². The normalized spacial score (nSPS) is 23.6. The Morgan fingerprint density at radius 2 is 2.24 bits per heavy atom. The van der Waals surface area contributed by atoms with Crippen molar-refractivity contribution in [1.82, 2.24) is 9.62 Å². The highest BCUT2D eigenvalue weighted by Gasteiger charge is 2.31. The van der Waals surface area contributed by atoms with Crippen molar-refractivity contribution >= 4 is 15.9 Å². The van der Waals surface area contributed by atoms with Crippen LogP contribution in [0.3, 0.4) is 0 Å². The second-order valence-corrected chi connectivity index (χ2v) is 6.59. The Morgan fingerprint density at radius 1 is 1.59 bits per heavy atom. The molecule has 0 aromatic rings. The molecule has 0 saturated carbocycles. The van der Waals surface area contributed by atoms with Gasteiger partial charge in [-0.2, -0.15) is 4.31 Å². The summed E-state index contributed by atoms with van der Waals surface area (Å²) in [7, 11) is -3.17. The summed E-state index contributed by atoms with van der Waals surface area (Å²) in [5.41, 5.74) is 5.51. The minimum atomic E-state index is -3.17. The average molecular weight is 263 g/mol. The van der Waals surface area contributed by atoms with Crippen LogP contribution < -0.4 is 11.1 Å². The lowest BCUT2D eigenvalue weighted by molar-refractivity contribution is -0.121. The molecule has 0 aliphatic carbocycles. The van der Waals surface area contributed by atoms with Crippen LogP contribution in [-0.2, 0) is 14.8 Å². The molecule has 0 radical (unpaired) electrons. The molecule has 2 atom stereocenters. The molecular weight excluding hydrogens is 242 g/mol. The smallest absolute Gasteiger partial charge is 0.221 e. The maximum atomic E-state index is 11.5. The molecule has 0 bridgehead atoms. The Bertz CT molecular complexity index is 367. The highest BCUT2D eigenvalue weighted by molar-refractivity contribution is 7.88. The number of carbonyl (C=O) groups excluding carboxylic acids is 1. The molecule has 6 nitrogen and oxygen atoms in total. The molecule has 17 heavy (non-hydrogen) atoms. The summed E-state index contributed by atoms with van der Waals surface area (Å²) in [6.07, 6.45) is 3.12. The molecule has 0 aromatic heterocycles. The number of nitrogens with one attached hydrogen (secondary N) is 1. The van der Waals surface area contributed by atoms with E-state index in [-0.39, 0.29) is 24.4 Å². The minimum Gasteiger partial charge on any atom is -0.354 e. The molecular formula is C10H21N3O3S. The molecule has 1 rings (SSSR count). The van der Waals surface area contributed by atoms with Crippen LogP contribution in [0.2, 0.25) is 0 Å². The molecule has 1 saturated heterocycles. The fourth-order valence-electron chi connectivity index (χ4n) is 2.05. The third-order valence-corrected chi connectivity index (χ3v) is 4.12. The second-order valence-electron chi connectivity index (χ2n) is 4.66. The predicted molar refractivity (Wildman–Crippen MR) is 65.8 cm³/mol. The first kappa shape index (κ1) is 14.4. The zero-order valence-electron chi connectivity index (χ0n) is 10.3. The first-order valence-electron chi connectivity index (χ1n) is 5.80. The molecule has 1 heterocycles. The van der Waals surface area contributed by atoms with Gasteiger partial charge in [-0.3, -0.25) is 4.79 Å². The number of amides is 1. The van der Waals surface area contributed by atoms with Crippen molar-refractivity contribution in [3.05, 3.63) is 0 Å². The van der Waals surface area contributed by atoms with Crippen molar-refractivity contribution < 1.29 is 13.2 Å². The number of carbonyl (C=O) groups is 1. The molecule has 100 valence electrons. The van der Waals surface area contributed by atoms with E-state index in [1.807, 2.05) is 0 Å². The van der Waals surface area contributed by atoms with Crippen molar-refractivity contribution in [2.45, 2.75) is 38.3 Å². The number of hydrogen-bond acceptors (Lipinski definition) is 4. The zero-order valence-corrected chi connectivity index (χ0v) is 11.2. The van der Waals surface area contributed by atoms with E-state index in [1.54, 1.807) is 6.92 Å². The number of rotatable bonds is 5. The molecule has 1 aliphatic rings. The molecule has 1 fully saturated rings. The third-order valence-electron chi connectivity index (χ3n) is 2.79. The van der Waals surface area contributed by atoms with E-state index in [4.69, 9.17) is 5.73 Å². The number of hydrogen-bond donors (Lipinski definition) is 2. The van der Waals surface area contributed by atoms with Gasteiger partial charge in [-0.05, 0) is 19.8 Å². The fourth-order valence-corrected chi connectivity index (χ4v) is 3.23. The van der Waals surface area contributed by atoms with E-state index in [1.165, 1.54) is 10.6 Å². The summed E-state index contributed by atoms with van der Waals surface area (Å²) >= 11 is 0. The van der Waals surface area contributed by atoms with Crippen LogP contribution >= 0.6 is 0 Å². The van der Waals surface area contributed by atoms with Crippen LogP contribution in [0.1, 0.15) is 26.2 Å². The van der Waals surface area contributed by atoms with E-state index in [0.29, 0.717) is 13.1 Å². The van der Waals surface area contributed by atoms with E-state index in [0.717, 1.165) is 12.8 Å². The summed E-state index contributed by atoms with van der Waals surface area (Å²) in [5.74, 6) is -0.125. The summed E-state index contributed by atoms with van der Waals surface area (Å²) in [4.78, 5) is 11.4. The highest BCUT2D eigenvalue weighted by Crippen LogP contribution is 2.19. The van der Waals surface area contributed by atoms with Crippen LogP contribution in [0.4, 0.5) is 0 Å². The Morgan fingerprint density at radius 3 is 2.76 bits per heavy atom. The SMILES string of the molecule is CC(N)CC(=O)NC[C@H]1CCCN1S(C)(=O)=O. The van der Waals surface area contributed by atoms with Gasteiger partial charge in [0.2, 0.25) is 15.9 Å². The van der Waals surface area contributed by atoms with Crippen LogP contribution in [0.15, 0.2) is 0 Å². The van der Waals surface area contributed by atoms with E-state index >= 15 is 0 Å². The van der Waals surface area contributed by atoms with Gasteiger partial charge in [0.25, 0.3) is 0 Å². The van der Waals surface area contributed by atoms with E-state index in [9.17, 15) is 13.2 Å². The van der Waals surface area contributed by atoms with Gasteiger partial charge in [0.05, 0.1) is 6.26 Å². The average Bonchev–Trinajstić information content (AvgIpc) is 2.60. The van der Waals surface area contributed by atoms with Gasteiger partial charge in [-0.15, -0.1) is 0 Å². The summed E-state index contributed by atoms with van der Waals surface area (Å²) in [6, 6.07) is -0.286. The van der Waals surface area contributed by atoms with Gasteiger partial charge in [-0.1, -0.05) is 0 Å². The molecule has 1 amide bonds. The standard InChI is InChI=1S/C10H21N3O3S/c1-8(11)6-10(14)12-7-9-4-3-5-13(9)17(2,15)16/h8-9H,3-7,11H2,1-2H3,(H,12,14)/t8?,9-/m1/s1. The molecule has 1 unspecified atom stereocenters. The first-order valence-corrected chi connectivity index (χ1v) is 7.64. The molecule has 1 aliphatic heterocycles. The van der Waals surface area contributed by atoms with Crippen molar-refractivity contribution in [1.29, 1.82) is 0 Å². The fraction of sp³-hybridized carbons (Fsp3) is 0.900. The maximum Gasteiger partial charge on any atom is 0.221 e. The molecule has 3 N–H and O–H groups in total. The lowest BCUT2D eigenvalue weighted by Gasteiger charge is -2.22. The van der Waals surface area contributed by atoms with Gasteiger partial charge in [0, 0.05) is 31.6 Å². The summed E-state index contributed by atoms with van der Waals surface area (Å²) < 4.78 is 24.4. The lowest BCUT2D eigenvalue weighted by Crippen LogP contribution is -2.43. The monoisotopic (exact) mass is 263 g/mol. The largest absolute Gasteiger partial charge is 0.354 e. The van der Waals surface area contributed by atoms with Gasteiger partial charge in [-0.25, -0.2) is 8.42 Å².